The monoisotopic (exact) mass is 173 g/mol. The molecule has 1 unspecified atom stereocenters. The van der Waals surface area contributed by atoms with Crippen LogP contribution >= 0.6 is 0 Å². The van der Waals surface area contributed by atoms with Gasteiger partial charge in [0.25, 0.3) is 0 Å². The van der Waals surface area contributed by atoms with Crippen molar-refractivity contribution in [3.05, 3.63) is 35.9 Å². The van der Waals surface area contributed by atoms with E-state index in [0.29, 0.717) is 5.92 Å². The average molecular weight is 173 g/mol. The first-order chi connectivity index (χ1) is 6.11. The van der Waals surface area contributed by atoms with Gasteiger partial charge >= 0.3 is 0 Å². The molecule has 0 saturated carbocycles. The van der Waals surface area contributed by atoms with Crippen LogP contribution in [0.25, 0.3) is 0 Å². The molecule has 0 aliphatic rings. The molecule has 0 aliphatic carbocycles. The SMILES string of the molecule is CC(C)C(C)(C#N)c1ccccc1. The fraction of sp³-hybridized carbons (Fsp3) is 0.417. The van der Waals surface area contributed by atoms with Gasteiger partial charge in [-0.15, -0.1) is 0 Å². The largest absolute Gasteiger partial charge is 0.197 e. The van der Waals surface area contributed by atoms with Gasteiger partial charge in [-0.05, 0) is 18.4 Å². The summed E-state index contributed by atoms with van der Waals surface area (Å²) in [6, 6.07) is 12.4. The molecule has 1 atom stereocenters. The second-order valence-corrected chi connectivity index (χ2v) is 3.83. The van der Waals surface area contributed by atoms with Crippen LogP contribution in [0.15, 0.2) is 30.3 Å². The Bertz CT molecular complexity index is 308. The molecule has 0 aromatic heterocycles. The van der Waals surface area contributed by atoms with Crippen LogP contribution in [0.3, 0.4) is 0 Å². The smallest absolute Gasteiger partial charge is 0.0817 e. The van der Waals surface area contributed by atoms with E-state index < -0.39 is 0 Å². The fourth-order valence-electron chi connectivity index (χ4n) is 1.31. The molecule has 0 bridgehead atoms. The molecular weight excluding hydrogens is 158 g/mol. The van der Waals surface area contributed by atoms with Crippen LogP contribution in [0.2, 0.25) is 0 Å². The van der Waals surface area contributed by atoms with E-state index in [4.69, 9.17) is 5.26 Å². The lowest BCUT2D eigenvalue weighted by Gasteiger charge is -2.26. The van der Waals surface area contributed by atoms with Crippen LogP contribution in [0, 0.1) is 17.2 Å². The number of nitrogens with zero attached hydrogens (tertiary/aromatic N) is 1. The van der Waals surface area contributed by atoms with Crippen molar-refractivity contribution in [3.63, 3.8) is 0 Å². The average Bonchev–Trinajstić information content (AvgIpc) is 2.17. The van der Waals surface area contributed by atoms with E-state index in [1.54, 1.807) is 0 Å². The lowest BCUT2D eigenvalue weighted by Crippen LogP contribution is -2.26. The van der Waals surface area contributed by atoms with E-state index >= 15 is 0 Å². The summed E-state index contributed by atoms with van der Waals surface area (Å²) >= 11 is 0. The van der Waals surface area contributed by atoms with Crippen LogP contribution in [0.5, 0.6) is 0 Å². The van der Waals surface area contributed by atoms with Crippen molar-refractivity contribution in [2.45, 2.75) is 26.2 Å². The molecule has 68 valence electrons. The summed E-state index contributed by atoms with van der Waals surface area (Å²) in [5.41, 5.74) is 0.744. The number of rotatable bonds is 2. The first kappa shape index (κ1) is 9.80. The lowest BCUT2D eigenvalue weighted by molar-refractivity contribution is 0.431. The Hall–Kier alpha value is -1.29. The van der Waals surface area contributed by atoms with Crippen molar-refractivity contribution in [1.29, 1.82) is 5.26 Å². The van der Waals surface area contributed by atoms with Gasteiger partial charge in [0.2, 0.25) is 0 Å². The number of hydrogen-bond donors (Lipinski definition) is 0. The molecule has 1 nitrogen and oxygen atoms in total. The summed E-state index contributed by atoms with van der Waals surface area (Å²) in [6.45, 7) is 6.15. The Morgan fingerprint density at radius 1 is 1.23 bits per heavy atom. The van der Waals surface area contributed by atoms with Crippen LogP contribution in [0.4, 0.5) is 0 Å². The Labute approximate surface area is 80.0 Å². The van der Waals surface area contributed by atoms with Crippen molar-refractivity contribution in [2.24, 2.45) is 5.92 Å². The van der Waals surface area contributed by atoms with E-state index in [2.05, 4.69) is 19.9 Å². The summed E-state index contributed by atoms with van der Waals surface area (Å²) in [7, 11) is 0. The van der Waals surface area contributed by atoms with Gasteiger partial charge in [0.05, 0.1) is 11.5 Å². The molecule has 0 N–H and O–H groups in total. The maximum atomic E-state index is 9.16. The molecule has 13 heavy (non-hydrogen) atoms. The molecular formula is C12H15N. The second kappa shape index (κ2) is 3.62. The van der Waals surface area contributed by atoms with Crippen molar-refractivity contribution >= 4 is 0 Å². The highest BCUT2D eigenvalue weighted by Crippen LogP contribution is 2.30. The molecule has 0 fully saturated rings. The minimum absolute atomic E-state index is 0.333. The standard InChI is InChI=1S/C12H15N/c1-10(2)12(3,9-13)11-7-5-4-6-8-11/h4-8,10H,1-3H3. The number of nitriles is 1. The molecule has 1 aromatic carbocycles. The summed E-state index contributed by atoms with van der Waals surface area (Å²) in [5, 5.41) is 9.16. The van der Waals surface area contributed by atoms with Gasteiger partial charge in [-0.1, -0.05) is 44.2 Å². The van der Waals surface area contributed by atoms with Gasteiger partial charge in [0, 0.05) is 0 Å². The van der Waals surface area contributed by atoms with Crippen molar-refractivity contribution in [2.75, 3.05) is 0 Å². The zero-order valence-corrected chi connectivity index (χ0v) is 8.41. The van der Waals surface area contributed by atoms with Gasteiger partial charge in [0.15, 0.2) is 0 Å². The molecule has 0 amide bonds. The van der Waals surface area contributed by atoms with Gasteiger partial charge in [-0.3, -0.25) is 0 Å². The third-order valence-corrected chi connectivity index (χ3v) is 2.76. The fourth-order valence-corrected chi connectivity index (χ4v) is 1.31. The highest BCUT2D eigenvalue weighted by molar-refractivity contribution is 5.31. The summed E-state index contributed by atoms with van der Waals surface area (Å²) in [6.07, 6.45) is 0. The van der Waals surface area contributed by atoms with E-state index in [0.717, 1.165) is 5.56 Å². The maximum Gasteiger partial charge on any atom is 0.0817 e. The Kier molecular flexibility index (Phi) is 2.72. The Morgan fingerprint density at radius 2 is 1.77 bits per heavy atom. The Morgan fingerprint density at radius 3 is 2.15 bits per heavy atom. The number of hydrogen-bond acceptors (Lipinski definition) is 1. The molecule has 0 aliphatic heterocycles. The van der Waals surface area contributed by atoms with Crippen LogP contribution in [-0.2, 0) is 5.41 Å². The zero-order valence-electron chi connectivity index (χ0n) is 8.41. The quantitative estimate of drug-likeness (QED) is 0.674. The van der Waals surface area contributed by atoms with E-state index in [1.165, 1.54) is 0 Å². The summed E-state index contributed by atoms with van der Waals surface area (Å²) in [4.78, 5) is 0. The van der Waals surface area contributed by atoms with Gasteiger partial charge in [-0.2, -0.15) is 5.26 Å². The zero-order chi connectivity index (χ0) is 9.90. The highest BCUT2D eigenvalue weighted by atomic mass is 14.4. The predicted molar refractivity (Wildman–Crippen MR) is 54.2 cm³/mol. The lowest BCUT2D eigenvalue weighted by atomic mass is 9.75. The van der Waals surface area contributed by atoms with Crippen molar-refractivity contribution in [3.8, 4) is 6.07 Å². The van der Waals surface area contributed by atoms with Crippen LogP contribution < -0.4 is 0 Å². The minimum Gasteiger partial charge on any atom is -0.197 e. The maximum absolute atomic E-state index is 9.16. The normalized spacial score (nSPS) is 15.0. The summed E-state index contributed by atoms with van der Waals surface area (Å²) < 4.78 is 0. The summed E-state index contributed by atoms with van der Waals surface area (Å²) in [5.74, 6) is 0.333. The topological polar surface area (TPSA) is 23.8 Å². The molecule has 1 rings (SSSR count). The van der Waals surface area contributed by atoms with E-state index in [1.807, 2.05) is 37.3 Å². The van der Waals surface area contributed by atoms with Crippen molar-refractivity contribution < 1.29 is 0 Å². The van der Waals surface area contributed by atoms with Crippen LogP contribution in [0.1, 0.15) is 26.3 Å². The second-order valence-electron chi connectivity index (χ2n) is 3.83. The third kappa shape index (κ3) is 1.72. The van der Waals surface area contributed by atoms with Gasteiger partial charge in [0.1, 0.15) is 0 Å². The first-order valence-corrected chi connectivity index (χ1v) is 4.58. The molecule has 0 heterocycles. The van der Waals surface area contributed by atoms with Gasteiger partial charge in [-0.25, -0.2) is 0 Å². The van der Waals surface area contributed by atoms with Gasteiger partial charge < -0.3 is 0 Å². The van der Waals surface area contributed by atoms with E-state index in [9.17, 15) is 0 Å². The molecule has 0 saturated heterocycles. The minimum atomic E-state index is -0.360. The highest BCUT2D eigenvalue weighted by Gasteiger charge is 2.29. The predicted octanol–water partition coefficient (Wildman–Crippen LogP) is 3.12. The third-order valence-electron chi connectivity index (χ3n) is 2.76. The van der Waals surface area contributed by atoms with E-state index in [-0.39, 0.29) is 5.41 Å². The molecule has 0 spiro atoms. The van der Waals surface area contributed by atoms with Crippen LogP contribution in [-0.4, -0.2) is 0 Å². The number of benzene rings is 1. The first-order valence-electron chi connectivity index (χ1n) is 4.58. The van der Waals surface area contributed by atoms with Crippen molar-refractivity contribution in [1.82, 2.24) is 0 Å². The molecule has 0 radical (unpaired) electrons. The molecule has 1 aromatic rings. The molecule has 1 heteroatoms. The Balaban J connectivity index is 3.13.